The van der Waals surface area contributed by atoms with Crippen LogP contribution >= 0.6 is 11.6 Å². The van der Waals surface area contributed by atoms with Crippen LogP contribution in [0.2, 0.25) is 5.02 Å². The summed E-state index contributed by atoms with van der Waals surface area (Å²) in [6, 6.07) is 16.1. The van der Waals surface area contributed by atoms with Crippen molar-refractivity contribution >= 4 is 29.2 Å². The van der Waals surface area contributed by atoms with Crippen LogP contribution < -0.4 is 15.4 Å². The van der Waals surface area contributed by atoms with Crippen LogP contribution in [0.25, 0.3) is 0 Å². The lowest BCUT2D eigenvalue weighted by Crippen LogP contribution is -2.11. The van der Waals surface area contributed by atoms with E-state index >= 15 is 0 Å². The van der Waals surface area contributed by atoms with Crippen LogP contribution in [0.4, 0.5) is 17.6 Å². The topological polar surface area (TPSA) is 72.0 Å². The van der Waals surface area contributed by atoms with Crippen molar-refractivity contribution in [3.63, 3.8) is 0 Å². The van der Waals surface area contributed by atoms with Crippen LogP contribution in [-0.4, -0.2) is 22.1 Å². The van der Waals surface area contributed by atoms with Gasteiger partial charge in [-0.05, 0) is 34.7 Å². The molecular formula is C21H24ClN5O. The average Bonchev–Trinajstić information content (AvgIpc) is 2.67. The predicted octanol–water partition coefficient (Wildman–Crippen LogP) is 5.19. The molecule has 7 heteroatoms. The molecule has 6 nitrogen and oxygen atoms in total. The van der Waals surface area contributed by atoms with E-state index in [1.165, 1.54) is 12.7 Å². The normalized spacial score (nSPS) is 11.2. The Balaban J connectivity index is 1.76. The molecule has 1 heterocycles. The summed E-state index contributed by atoms with van der Waals surface area (Å²) in [4.78, 5) is 12.9. The number of hydrogen-bond acceptors (Lipinski definition) is 6. The van der Waals surface area contributed by atoms with Crippen molar-refractivity contribution in [2.75, 3.05) is 17.7 Å². The van der Waals surface area contributed by atoms with Crippen molar-refractivity contribution in [1.29, 1.82) is 0 Å². The standard InChI is InChI=1S/C21H24ClN5O/c1-21(2,3)15-9-11-16(12-10-15)24-19-25-18(26-20(27-19)28-4)23-13-14-7-5-6-8-17(14)22/h5-12H,13H2,1-4H3,(H2,23,24,25,26,27). The average molecular weight is 398 g/mol. The van der Waals surface area contributed by atoms with Crippen LogP contribution in [0.15, 0.2) is 48.5 Å². The van der Waals surface area contributed by atoms with E-state index in [1.807, 2.05) is 36.4 Å². The molecule has 3 rings (SSSR count). The maximum absolute atomic E-state index is 6.20. The van der Waals surface area contributed by atoms with Gasteiger partial charge in [0.05, 0.1) is 7.11 Å². The molecule has 0 aliphatic heterocycles. The molecule has 0 amide bonds. The lowest BCUT2D eigenvalue weighted by molar-refractivity contribution is 0.379. The first kappa shape index (κ1) is 19.9. The van der Waals surface area contributed by atoms with Crippen LogP contribution in [-0.2, 0) is 12.0 Å². The maximum atomic E-state index is 6.20. The van der Waals surface area contributed by atoms with Crippen molar-refractivity contribution in [2.45, 2.75) is 32.7 Å². The van der Waals surface area contributed by atoms with Crippen molar-refractivity contribution in [3.05, 3.63) is 64.7 Å². The highest BCUT2D eigenvalue weighted by Gasteiger charge is 2.13. The van der Waals surface area contributed by atoms with E-state index in [-0.39, 0.29) is 11.4 Å². The molecule has 0 aliphatic rings. The van der Waals surface area contributed by atoms with Gasteiger partial charge in [0.1, 0.15) is 0 Å². The van der Waals surface area contributed by atoms with Crippen LogP contribution in [0.5, 0.6) is 6.01 Å². The molecule has 3 aromatic rings. The predicted molar refractivity (Wildman–Crippen MR) is 114 cm³/mol. The minimum absolute atomic E-state index is 0.102. The second-order valence-corrected chi connectivity index (χ2v) is 7.77. The summed E-state index contributed by atoms with van der Waals surface area (Å²) in [6.07, 6.45) is 0. The molecular weight excluding hydrogens is 374 g/mol. The van der Waals surface area contributed by atoms with Crippen LogP contribution in [0.3, 0.4) is 0 Å². The van der Waals surface area contributed by atoms with Gasteiger partial charge in [0, 0.05) is 17.3 Å². The number of benzene rings is 2. The molecule has 0 radical (unpaired) electrons. The Kier molecular flexibility index (Phi) is 5.99. The molecule has 146 valence electrons. The van der Waals surface area contributed by atoms with Gasteiger partial charge in [-0.1, -0.05) is 62.7 Å². The van der Waals surface area contributed by atoms with Gasteiger partial charge in [0.25, 0.3) is 0 Å². The zero-order chi connectivity index (χ0) is 20.1. The SMILES string of the molecule is COc1nc(NCc2ccccc2Cl)nc(Nc2ccc(C(C)(C)C)cc2)n1. The van der Waals surface area contributed by atoms with Gasteiger partial charge in [-0.15, -0.1) is 0 Å². The second-order valence-electron chi connectivity index (χ2n) is 7.37. The minimum Gasteiger partial charge on any atom is -0.467 e. The molecule has 0 saturated heterocycles. The maximum Gasteiger partial charge on any atom is 0.322 e. The molecule has 0 saturated carbocycles. The Morgan fingerprint density at radius 3 is 2.25 bits per heavy atom. The van der Waals surface area contributed by atoms with Crippen LogP contribution in [0, 0.1) is 0 Å². The van der Waals surface area contributed by atoms with E-state index in [2.05, 4.69) is 58.5 Å². The number of anilines is 3. The Morgan fingerprint density at radius 1 is 0.929 bits per heavy atom. The number of aromatic nitrogens is 3. The first-order chi connectivity index (χ1) is 13.3. The van der Waals surface area contributed by atoms with Gasteiger partial charge in [0.2, 0.25) is 11.9 Å². The summed E-state index contributed by atoms with van der Waals surface area (Å²) < 4.78 is 5.20. The highest BCUT2D eigenvalue weighted by molar-refractivity contribution is 6.31. The Labute approximate surface area is 170 Å². The molecule has 0 unspecified atom stereocenters. The van der Waals surface area contributed by atoms with Crippen LogP contribution in [0.1, 0.15) is 31.9 Å². The molecule has 28 heavy (non-hydrogen) atoms. The van der Waals surface area contributed by atoms with E-state index in [0.29, 0.717) is 23.5 Å². The van der Waals surface area contributed by atoms with Crippen molar-refractivity contribution < 1.29 is 4.74 Å². The van der Waals surface area contributed by atoms with E-state index in [0.717, 1.165) is 11.3 Å². The third-order valence-corrected chi connectivity index (χ3v) is 4.57. The first-order valence-electron chi connectivity index (χ1n) is 9.00. The second kappa shape index (κ2) is 8.44. The lowest BCUT2D eigenvalue weighted by atomic mass is 9.87. The Morgan fingerprint density at radius 2 is 1.61 bits per heavy atom. The third kappa shape index (κ3) is 5.10. The fraction of sp³-hybridized carbons (Fsp3) is 0.286. The minimum atomic E-state index is 0.102. The highest BCUT2D eigenvalue weighted by atomic mass is 35.5. The summed E-state index contributed by atoms with van der Waals surface area (Å²) in [6.45, 7) is 7.04. The summed E-state index contributed by atoms with van der Waals surface area (Å²) >= 11 is 6.20. The fourth-order valence-electron chi connectivity index (χ4n) is 2.58. The van der Waals surface area contributed by atoms with Gasteiger partial charge < -0.3 is 15.4 Å². The summed E-state index contributed by atoms with van der Waals surface area (Å²) in [7, 11) is 1.52. The molecule has 2 aromatic carbocycles. The smallest absolute Gasteiger partial charge is 0.322 e. The molecule has 0 bridgehead atoms. The number of nitrogens with one attached hydrogen (secondary N) is 2. The molecule has 0 aliphatic carbocycles. The van der Waals surface area contributed by atoms with E-state index < -0.39 is 0 Å². The van der Waals surface area contributed by atoms with Crippen molar-refractivity contribution in [1.82, 2.24) is 15.0 Å². The molecule has 0 atom stereocenters. The first-order valence-corrected chi connectivity index (χ1v) is 9.38. The number of rotatable bonds is 6. The van der Waals surface area contributed by atoms with Gasteiger partial charge in [0.15, 0.2) is 0 Å². The van der Waals surface area contributed by atoms with Gasteiger partial charge >= 0.3 is 6.01 Å². The van der Waals surface area contributed by atoms with E-state index in [9.17, 15) is 0 Å². The summed E-state index contributed by atoms with van der Waals surface area (Å²) in [5.74, 6) is 0.803. The lowest BCUT2D eigenvalue weighted by Gasteiger charge is -2.19. The number of hydrogen-bond donors (Lipinski definition) is 2. The van der Waals surface area contributed by atoms with E-state index in [4.69, 9.17) is 16.3 Å². The zero-order valence-corrected chi connectivity index (χ0v) is 17.2. The number of ether oxygens (including phenoxy) is 1. The monoisotopic (exact) mass is 397 g/mol. The molecule has 0 spiro atoms. The Hall–Kier alpha value is -2.86. The molecule has 2 N–H and O–H groups in total. The molecule has 0 fully saturated rings. The number of methoxy groups -OCH3 is 1. The highest BCUT2D eigenvalue weighted by Crippen LogP contribution is 2.25. The largest absolute Gasteiger partial charge is 0.467 e. The van der Waals surface area contributed by atoms with E-state index in [1.54, 1.807) is 0 Å². The van der Waals surface area contributed by atoms with Gasteiger partial charge in [-0.2, -0.15) is 15.0 Å². The fourth-order valence-corrected chi connectivity index (χ4v) is 2.78. The van der Waals surface area contributed by atoms with Crippen molar-refractivity contribution in [3.8, 4) is 6.01 Å². The Bertz CT molecular complexity index is 938. The van der Waals surface area contributed by atoms with Gasteiger partial charge in [-0.3, -0.25) is 0 Å². The quantitative estimate of drug-likeness (QED) is 0.596. The molecule has 1 aromatic heterocycles. The zero-order valence-electron chi connectivity index (χ0n) is 16.5. The number of nitrogens with zero attached hydrogens (tertiary/aromatic N) is 3. The third-order valence-electron chi connectivity index (χ3n) is 4.20. The van der Waals surface area contributed by atoms with Crippen molar-refractivity contribution in [2.24, 2.45) is 0 Å². The van der Waals surface area contributed by atoms with Gasteiger partial charge in [-0.25, -0.2) is 0 Å². The summed E-state index contributed by atoms with van der Waals surface area (Å²) in [5, 5.41) is 7.05. The summed E-state index contributed by atoms with van der Waals surface area (Å²) in [5.41, 5.74) is 3.20. The number of halogens is 1.